The average molecular weight is 544 g/mol. The lowest BCUT2D eigenvalue weighted by atomic mass is 10.1. The zero-order chi connectivity index (χ0) is 28.7. The molecule has 0 heterocycles. The van der Waals surface area contributed by atoms with E-state index >= 15 is 0 Å². The van der Waals surface area contributed by atoms with E-state index in [-0.39, 0.29) is 12.5 Å². The molecule has 2 atom stereocenters. The van der Waals surface area contributed by atoms with E-state index in [1.54, 1.807) is 6.08 Å². The van der Waals surface area contributed by atoms with E-state index in [0.29, 0.717) is 6.42 Å². The number of unbranched alkanes of at least 4 members (excludes halogenated alkanes) is 12. The van der Waals surface area contributed by atoms with Gasteiger partial charge in [0.1, 0.15) is 0 Å². The molecule has 224 valence electrons. The highest BCUT2D eigenvalue weighted by Crippen LogP contribution is 2.10. The summed E-state index contributed by atoms with van der Waals surface area (Å²) >= 11 is 0. The topological polar surface area (TPSA) is 69.6 Å². The first-order valence-electron chi connectivity index (χ1n) is 16.0. The number of allylic oxidation sites excluding steroid dienone is 9. The highest BCUT2D eigenvalue weighted by molar-refractivity contribution is 5.76. The first kappa shape index (κ1) is 37.1. The molecule has 0 bridgehead atoms. The molecular formula is C35H61NO3. The molecule has 4 heteroatoms. The van der Waals surface area contributed by atoms with Crippen LogP contribution in [0.5, 0.6) is 0 Å². The van der Waals surface area contributed by atoms with Gasteiger partial charge < -0.3 is 15.5 Å². The van der Waals surface area contributed by atoms with Crippen LogP contribution in [0, 0.1) is 0 Å². The number of rotatable bonds is 27. The number of aliphatic hydroxyl groups is 2. The molecule has 2 unspecified atom stereocenters. The van der Waals surface area contributed by atoms with Gasteiger partial charge in [-0.05, 0) is 57.8 Å². The second-order valence-electron chi connectivity index (χ2n) is 10.5. The minimum atomic E-state index is -0.843. The van der Waals surface area contributed by atoms with Crippen molar-refractivity contribution in [1.82, 2.24) is 5.32 Å². The van der Waals surface area contributed by atoms with Crippen molar-refractivity contribution in [1.29, 1.82) is 0 Å². The van der Waals surface area contributed by atoms with Crippen LogP contribution in [0.25, 0.3) is 0 Å². The average Bonchev–Trinajstić information content (AvgIpc) is 2.94. The molecule has 0 aliphatic rings. The predicted octanol–water partition coefficient (Wildman–Crippen LogP) is 9.06. The second kappa shape index (κ2) is 30.6. The SMILES string of the molecule is CC/C=C\C/C=C\C/C=C\C/C=C\CCCCCCCCC(=O)NC(CO)C(O)/C=C/CCCCCCCC. The molecule has 1 amide bonds. The fraction of sp³-hybridized carbons (Fsp3) is 0.686. The van der Waals surface area contributed by atoms with Gasteiger partial charge in [-0.2, -0.15) is 0 Å². The Balaban J connectivity index is 3.69. The van der Waals surface area contributed by atoms with Gasteiger partial charge in [0, 0.05) is 6.42 Å². The standard InChI is InChI=1S/C35H61NO3/c1-3-5-7-9-11-13-14-15-16-17-18-19-20-21-22-23-25-27-29-31-35(39)36-33(32-37)34(38)30-28-26-24-12-10-8-6-4-2/h5,7,11,13,15-16,18-19,28,30,33-34,37-38H,3-4,6,8-10,12,14,17,20-27,29,31-32H2,1-2H3,(H,36,39)/b7-5-,13-11-,16-15-,19-18-,30-28+. The van der Waals surface area contributed by atoms with Gasteiger partial charge in [-0.1, -0.05) is 132 Å². The monoisotopic (exact) mass is 543 g/mol. The van der Waals surface area contributed by atoms with E-state index in [9.17, 15) is 15.0 Å². The maximum absolute atomic E-state index is 12.2. The molecule has 0 aromatic heterocycles. The molecule has 0 aliphatic heterocycles. The Morgan fingerprint density at radius 3 is 1.69 bits per heavy atom. The molecule has 0 aromatic carbocycles. The fourth-order valence-electron chi connectivity index (χ4n) is 4.28. The number of hydrogen-bond donors (Lipinski definition) is 3. The van der Waals surface area contributed by atoms with Crippen LogP contribution in [-0.2, 0) is 4.79 Å². The Hall–Kier alpha value is -1.91. The lowest BCUT2D eigenvalue weighted by molar-refractivity contribution is -0.123. The van der Waals surface area contributed by atoms with Crippen LogP contribution in [0.2, 0.25) is 0 Å². The van der Waals surface area contributed by atoms with Crippen molar-refractivity contribution in [2.45, 2.75) is 148 Å². The Bertz CT molecular complexity index is 677. The van der Waals surface area contributed by atoms with Gasteiger partial charge in [0.25, 0.3) is 0 Å². The molecule has 0 radical (unpaired) electrons. The van der Waals surface area contributed by atoms with Crippen molar-refractivity contribution in [2.24, 2.45) is 0 Å². The number of carbonyl (C=O) groups is 1. The van der Waals surface area contributed by atoms with Gasteiger partial charge in [0.2, 0.25) is 5.91 Å². The van der Waals surface area contributed by atoms with Gasteiger partial charge in [-0.15, -0.1) is 0 Å². The molecule has 0 saturated heterocycles. The minimum Gasteiger partial charge on any atom is -0.394 e. The van der Waals surface area contributed by atoms with Crippen LogP contribution >= 0.6 is 0 Å². The third-order valence-electron chi connectivity index (χ3n) is 6.76. The molecule has 0 aromatic rings. The highest BCUT2D eigenvalue weighted by Gasteiger charge is 2.17. The molecule has 0 spiro atoms. The van der Waals surface area contributed by atoms with Crippen molar-refractivity contribution in [3.63, 3.8) is 0 Å². The quantitative estimate of drug-likeness (QED) is 0.0715. The Morgan fingerprint density at radius 1 is 0.641 bits per heavy atom. The van der Waals surface area contributed by atoms with E-state index in [1.807, 2.05) is 6.08 Å². The first-order valence-corrected chi connectivity index (χ1v) is 16.0. The predicted molar refractivity (Wildman–Crippen MR) is 170 cm³/mol. The third kappa shape index (κ3) is 27.4. The van der Waals surface area contributed by atoms with E-state index in [2.05, 4.69) is 67.8 Å². The molecule has 0 aliphatic carbocycles. The van der Waals surface area contributed by atoms with Crippen LogP contribution in [0.4, 0.5) is 0 Å². The van der Waals surface area contributed by atoms with Crippen LogP contribution in [-0.4, -0.2) is 34.9 Å². The largest absolute Gasteiger partial charge is 0.394 e. The lowest BCUT2D eigenvalue weighted by Crippen LogP contribution is -2.45. The zero-order valence-corrected chi connectivity index (χ0v) is 25.4. The van der Waals surface area contributed by atoms with E-state index in [0.717, 1.165) is 64.2 Å². The first-order chi connectivity index (χ1) is 19.2. The van der Waals surface area contributed by atoms with E-state index in [1.165, 1.54) is 51.4 Å². The minimum absolute atomic E-state index is 0.0863. The Labute approximate surface area is 241 Å². The zero-order valence-electron chi connectivity index (χ0n) is 25.4. The Morgan fingerprint density at radius 2 is 1.13 bits per heavy atom. The number of aliphatic hydroxyl groups excluding tert-OH is 2. The van der Waals surface area contributed by atoms with Crippen molar-refractivity contribution < 1.29 is 15.0 Å². The molecule has 39 heavy (non-hydrogen) atoms. The number of carbonyl (C=O) groups excluding carboxylic acids is 1. The van der Waals surface area contributed by atoms with Gasteiger partial charge in [0.05, 0.1) is 18.8 Å². The van der Waals surface area contributed by atoms with E-state index < -0.39 is 12.1 Å². The third-order valence-corrected chi connectivity index (χ3v) is 6.76. The smallest absolute Gasteiger partial charge is 0.220 e. The number of hydrogen-bond acceptors (Lipinski definition) is 3. The summed E-state index contributed by atoms with van der Waals surface area (Å²) in [4.78, 5) is 12.2. The van der Waals surface area contributed by atoms with Crippen LogP contribution in [0.1, 0.15) is 136 Å². The van der Waals surface area contributed by atoms with Crippen LogP contribution in [0.3, 0.4) is 0 Å². The van der Waals surface area contributed by atoms with Crippen molar-refractivity contribution in [2.75, 3.05) is 6.61 Å². The molecular weight excluding hydrogens is 482 g/mol. The molecule has 0 rings (SSSR count). The van der Waals surface area contributed by atoms with Gasteiger partial charge in [0.15, 0.2) is 0 Å². The fourth-order valence-corrected chi connectivity index (χ4v) is 4.28. The van der Waals surface area contributed by atoms with Gasteiger partial charge in [-0.3, -0.25) is 4.79 Å². The van der Waals surface area contributed by atoms with Gasteiger partial charge >= 0.3 is 0 Å². The maximum atomic E-state index is 12.2. The number of nitrogens with one attached hydrogen (secondary N) is 1. The maximum Gasteiger partial charge on any atom is 0.220 e. The summed E-state index contributed by atoms with van der Waals surface area (Å²) in [6, 6.07) is -0.628. The van der Waals surface area contributed by atoms with Crippen molar-refractivity contribution >= 4 is 5.91 Å². The molecule has 0 fully saturated rings. The molecule has 3 N–H and O–H groups in total. The summed E-state index contributed by atoms with van der Waals surface area (Å²) in [6.07, 6.45) is 41.5. The number of amides is 1. The van der Waals surface area contributed by atoms with Crippen molar-refractivity contribution in [3.05, 3.63) is 60.8 Å². The summed E-state index contributed by atoms with van der Waals surface area (Å²) in [5, 5.41) is 22.7. The lowest BCUT2D eigenvalue weighted by Gasteiger charge is -2.20. The summed E-state index contributed by atoms with van der Waals surface area (Å²) in [6.45, 7) is 4.12. The summed E-state index contributed by atoms with van der Waals surface area (Å²) in [7, 11) is 0. The van der Waals surface area contributed by atoms with Crippen LogP contribution < -0.4 is 5.32 Å². The summed E-state index contributed by atoms with van der Waals surface area (Å²) in [5.41, 5.74) is 0. The van der Waals surface area contributed by atoms with Crippen molar-refractivity contribution in [3.8, 4) is 0 Å². The second-order valence-corrected chi connectivity index (χ2v) is 10.5. The highest BCUT2D eigenvalue weighted by atomic mass is 16.3. The molecule has 0 saturated carbocycles. The summed E-state index contributed by atoms with van der Waals surface area (Å²) in [5.74, 6) is -0.0863. The van der Waals surface area contributed by atoms with E-state index in [4.69, 9.17) is 0 Å². The summed E-state index contributed by atoms with van der Waals surface area (Å²) < 4.78 is 0. The van der Waals surface area contributed by atoms with Crippen LogP contribution in [0.15, 0.2) is 60.8 Å². The van der Waals surface area contributed by atoms with Gasteiger partial charge in [-0.25, -0.2) is 0 Å². The normalized spacial score (nSPS) is 14.1. The Kier molecular flexibility index (Phi) is 29.1. The molecule has 4 nitrogen and oxygen atoms in total.